The fourth-order valence-electron chi connectivity index (χ4n) is 1.90. The van der Waals surface area contributed by atoms with E-state index in [9.17, 15) is 5.11 Å². The lowest BCUT2D eigenvalue weighted by molar-refractivity contribution is 0.163. The summed E-state index contributed by atoms with van der Waals surface area (Å²) in [6, 6.07) is 8.26. The van der Waals surface area contributed by atoms with Gasteiger partial charge in [0.1, 0.15) is 5.75 Å². The SMILES string of the molecule is CNC(C)(CO)CCCOc1cccc(C(C)C)c1. The van der Waals surface area contributed by atoms with Crippen LogP contribution in [0.5, 0.6) is 5.75 Å². The minimum atomic E-state index is -0.205. The second-order valence-electron chi connectivity index (χ2n) is 5.65. The number of nitrogens with one attached hydrogen (secondary N) is 1. The molecule has 0 aromatic heterocycles. The van der Waals surface area contributed by atoms with E-state index in [0.29, 0.717) is 12.5 Å². The van der Waals surface area contributed by atoms with Crippen molar-refractivity contribution in [3.8, 4) is 5.75 Å². The third-order valence-corrected chi connectivity index (χ3v) is 3.62. The van der Waals surface area contributed by atoms with Crippen LogP contribution in [0.3, 0.4) is 0 Å². The van der Waals surface area contributed by atoms with Gasteiger partial charge in [0.2, 0.25) is 0 Å². The highest BCUT2D eigenvalue weighted by atomic mass is 16.5. The molecule has 1 unspecified atom stereocenters. The first kappa shape index (κ1) is 16.0. The first-order chi connectivity index (χ1) is 9.00. The number of likely N-dealkylation sites (N-methyl/N-ethyl adjacent to an activating group) is 1. The second kappa shape index (κ2) is 7.51. The van der Waals surface area contributed by atoms with E-state index in [4.69, 9.17) is 4.74 Å². The fraction of sp³-hybridized carbons (Fsp3) is 0.625. The Morgan fingerprint density at radius 3 is 2.68 bits per heavy atom. The van der Waals surface area contributed by atoms with E-state index in [-0.39, 0.29) is 12.1 Å². The quantitative estimate of drug-likeness (QED) is 0.710. The van der Waals surface area contributed by atoms with Crippen molar-refractivity contribution >= 4 is 0 Å². The molecule has 0 aliphatic rings. The summed E-state index contributed by atoms with van der Waals surface area (Å²) < 4.78 is 5.77. The van der Waals surface area contributed by atoms with Crippen molar-refractivity contribution in [2.24, 2.45) is 0 Å². The van der Waals surface area contributed by atoms with Crippen molar-refractivity contribution in [1.82, 2.24) is 5.32 Å². The Labute approximate surface area is 117 Å². The van der Waals surface area contributed by atoms with E-state index in [0.717, 1.165) is 18.6 Å². The third kappa shape index (κ3) is 5.21. The monoisotopic (exact) mass is 265 g/mol. The molecule has 1 atom stereocenters. The summed E-state index contributed by atoms with van der Waals surface area (Å²) in [5.41, 5.74) is 1.09. The van der Waals surface area contributed by atoms with Gasteiger partial charge in [0.25, 0.3) is 0 Å². The normalized spacial score (nSPS) is 14.4. The Hall–Kier alpha value is -1.06. The standard InChI is InChI=1S/C16H27NO2/c1-13(2)14-7-5-8-15(11-14)19-10-6-9-16(3,12-18)17-4/h5,7-8,11,13,17-18H,6,9-10,12H2,1-4H3. The average molecular weight is 265 g/mol. The van der Waals surface area contributed by atoms with Gasteiger partial charge in [0, 0.05) is 5.54 Å². The van der Waals surface area contributed by atoms with Gasteiger partial charge in [-0.15, -0.1) is 0 Å². The average Bonchev–Trinajstić information content (AvgIpc) is 2.43. The molecule has 0 fully saturated rings. The zero-order valence-corrected chi connectivity index (χ0v) is 12.6. The maximum atomic E-state index is 9.30. The minimum absolute atomic E-state index is 0.145. The molecule has 0 radical (unpaired) electrons. The summed E-state index contributed by atoms with van der Waals surface area (Å²) in [5, 5.41) is 12.4. The van der Waals surface area contributed by atoms with Crippen LogP contribution in [0.15, 0.2) is 24.3 Å². The molecule has 3 heteroatoms. The molecule has 3 nitrogen and oxygen atoms in total. The van der Waals surface area contributed by atoms with Crippen LogP contribution < -0.4 is 10.1 Å². The van der Waals surface area contributed by atoms with Gasteiger partial charge < -0.3 is 15.2 Å². The van der Waals surface area contributed by atoms with Gasteiger partial charge in [-0.3, -0.25) is 0 Å². The number of rotatable bonds is 8. The molecule has 0 bridgehead atoms. The lowest BCUT2D eigenvalue weighted by Gasteiger charge is -2.26. The van der Waals surface area contributed by atoms with Crippen LogP contribution in [0.25, 0.3) is 0 Å². The minimum Gasteiger partial charge on any atom is -0.494 e. The van der Waals surface area contributed by atoms with Crippen molar-refractivity contribution < 1.29 is 9.84 Å². The summed E-state index contributed by atoms with van der Waals surface area (Å²) in [7, 11) is 1.88. The molecular weight excluding hydrogens is 238 g/mol. The van der Waals surface area contributed by atoms with Gasteiger partial charge in [-0.2, -0.15) is 0 Å². The van der Waals surface area contributed by atoms with Gasteiger partial charge >= 0.3 is 0 Å². The molecule has 1 rings (SSSR count). The zero-order valence-electron chi connectivity index (χ0n) is 12.6. The van der Waals surface area contributed by atoms with E-state index in [1.54, 1.807) is 0 Å². The van der Waals surface area contributed by atoms with Crippen molar-refractivity contribution in [3.63, 3.8) is 0 Å². The molecule has 0 aliphatic carbocycles. The molecule has 0 spiro atoms. The first-order valence-electron chi connectivity index (χ1n) is 7.03. The highest BCUT2D eigenvalue weighted by Crippen LogP contribution is 2.20. The van der Waals surface area contributed by atoms with Crippen LogP contribution in [0.1, 0.15) is 45.1 Å². The topological polar surface area (TPSA) is 41.5 Å². The molecular formula is C16H27NO2. The Morgan fingerprint density at radius 2 is 2.11 bits per heavy atom. The molecule has 108 valence electrons. The van der Waals surface area contributed by atoms with Gasteiger partial charge in [-0.25, -0.2) is 0 Å². The van der Waals surface area contributed by atoms with E-state index in [1.165, 1.54) is 5.56 Å². The predicted molar refractivity (Wildman–Crippen MR) is 79.8 cm³/mol. The number of aliphatic hydroxyl groups is 1. The molecule has 1 aromatic carbocycles. The van der Waals surface area contributed by atoms with Crippen LogP contribution in [0.2, 0.25) is 0 Å². The van der Waals surface area contributed by atoms with E-state index in [2.05, 4.69) is 31.3 Å². The smallest absolute Gasteiger partial charge is 0.119 e. The van der Waals surface area contributed by atoms with Gasteiger partial charge in [-0.1, -0.05) is 26.0 Å². The number of hydrogen-bond donors (Lipinski definition) is 2. The highest BCUT2D eigenvalue weighted by molar-refractivity contribution is 5.30. The lowest BCUT2D eigenvalue weighted by atomic mass is 9.97. The molecule has 0 amide bonds. The molecule has 0 aliphatic heterocycles. The number of aliphatic hydroxyl groups excluding tert-OH is 1. The molecule has 0 saturated heterocycles. The third-order valence-electron chi connectivity index (χ3n) is 3.62. The fourth-order valence-corrected chi connectivity index (χ4v) is 1.90. The Kier molecular flexibility index (Phi) is 6.32. The summed E-state index contributed by atoms with van der Waals surface area (Å²) in [6.45, 7) is 7.20. The number of hydrogen-bond acceptors (Lipinski definition) is 3. The van der Waals surface area contributed by atoms with Crippen molar-refractivity contribution in [2.45, 2.75) is 45.1 Å². The highest BCUT2D eigenvalue weighted by Gasteiger charge is 2.19. The molecule has 0 heterocycles. The Balaban J connectivity index is 2.39. The second-order valence-corrected chi connectivity index (χ2v) is 5.65. The predicted octanol–water partition coefficient (Wildman–Crippen LogP) is 2.94. The van der Waals surface area contributed by atoms with Crippen molar-refractivity contribution in [3.05, 3.63) is 29.8 Å². The zero-order chi connectivity index (χ0) is 14.3. The Morgan fingerprint density at radius 1 is 1.37 bits per heavy atom. The number of benzene rings is 1. The van der Waals surface area contributed by atoms with E-state index >= 15 is 0 Å². The van der Waals surface area contributed by atoms with Crippen molar-refractivity contribution in [1.29, 1.82) is 0 Å². The van der Waals surface area contributed by atoms with Gasteiger partial charge in [0.15, 0.2) is 0 Å². The largest absolute Gasteiger partial charge is 0.494 e. The lowest BCUT2D eigenvalue weighted by Crippen LogP contribution is -2.43. The maximum absolute atomic E-state index is 9.30. The number of ether oxygens (including phenoxy) is 1. The molecule has 1 aromatic rings. The van der Waals surface area contributed by atoms with Crippen molar-refractivity contribution in [2.75, 3.05) is 20.3 Å². The van der Waals surface area contributed by atoms with Crippen LogP contribution >= 0.6 is 0 Å². The van der Waals surface area contributed by atoms with Crippen LogP contribution in [0, 0.1) is 0 Å². The first-order valence-corrected chi connectivity index (χ1v) is 7.03. The summed E-state index contributed by atoms with van der Waals surface area (Å²) >= 11 is 0. The van der Waals surface area contributed by atoms with Crippen LogP contribution in [0.4, 0.5) is 0 Å². The van der Waals surface area contributed by atoms with Crippen LogP contribution in [-0.4, -0.2) is 30.9 Å². The van der Waals surface area contributed by atoms with E-state index in [1.807, 2.05) is 26.1 Å². The molecule has 0 saturated carbocycles. The van der Waals surface area contributed by atoms with E-state index < -0.39 is 0 Å². The molecule has 2 N–H and O–H groups in total. The van der Waals surface area contributed by atoms with Gasteiger partial charge in [-0.05, 0) is 50.4 Å². The summed E-state index contributed by atoms with van der Waals surface area (Å²) in [4.78, 5) is 0. The van der Waals surface area contributed by atoms with Crippen LogP contribution in [-0.2, 0) is 0 Å². The summed E-state index contributed by atoms with van der Waals surface area (Å²) in [5.74, 6) is 1.45. The van der Waals surface area contributed by atoms with Gasteiger partial charge in [0.05, 0.1) is 13.2 Å². The maximum Gasteiger partial charge on any atom is 0.119 e. The summed E-state index contributed by atoms with van der Waals surface area (Å²) in [6.07, 6.45) is 1.81. The Bertz CT molecular complexity index is 373. The molecule has 19 heavy (non-hydrogen) atoms.